The van der Waals surface area contributed by atoms with Gasteiger partial charge in [-0.05, 0) is 36.6 Å². The van der Waals surface area contributed by atoms with E-state index in [2.05, 4.69) is 21.2 Å². The molecule has 1 atom stereocenters. The van der Waals surface area contributed by atoms with Gasteiger partial charge in [0.05, 0.1) is 6.04 Å². The maximum absolute atomic E-state index is 11.8. The van der Waals surface area contributed by atoms with E-state index in [1.165, 1.54) is 0 Å². The number of aryl methyl sites for hydroxylation is 1. The lowest BCUT2D eigenvalue weighted by molar-refractivity contribution is 0.136. The zero-order valence-electron chi connectivity index (χ0n) is 12.1. The van der Waals surface area contributed by atoms with Crippen molar-refractivity contribution in [3.63, 3.8) is 0 Å². The van der Waals surface area contributed by atoms with Crippen molar-refractivity contribution >= 4 is 22.0 Å². The Morgan fingerprint density at radius 1 is 1.24 bits per heavy atom. The van der Waals surface area contributed by atoms with Gasteiger partial charge in [0, 0.05) is 4.47 Å². The van der Waals surface area contributed by atoms with Crippen molar-refractivity contribution in [2.24, 2.45) is 0 Å². The molecule has 2 rings (SSSR count). The maximum Gasteiger partial charge on any atom is 0.407 e. The van der Waals surface area contributed by atoms with Crippen LogP contribution < -0.4 is 5.32 Å². The van der Waals surface area contributed by atoms with Crippen LogP contribution >= 0.6 is 15.9 Å². The monoisotopic (exact) mass is 347 g/mol. The number of hydrogen-bond donors (Lipinski definition) is 1. The molecule has 1 amide bonds. The van der Waals surface area contributed by atoms with Crippen LogP contribution in [-0.2, 0) is 11.3 Å². The first kappa shape index (κ1) is 15.6. The van der Waals surface area contributed by atoms with Crippen molar-refractivity contribution in [3.05, 3.63) is 69.7 Å². The van der Waals surface area contributed by atoms with Crippen LogP contribution in [0.4, 0.5) is 4.79 Å². The molecule has 2 aromatic rings. The van der Waals surface area contributed by atoms with Crippen molar-refractivity contribution in [1.82, 2.24) is 5.32 Å². The van der Waals surface area contributed by atoms with Crippen molar-refractivity contribution < 1.29 is 9.53 Å². The Hall–Kier alpha value is -1.81. The van der Waals surface area contributed by atoms with Gasteiger partial charge >= 0.3 is 6.09 Å². The lowest BCUT2D eigenvalue weighted by Crippen LogP contribution is -2.27. The highest BCUT2D eigenvalue weighted by Gasteiger charge is 2.11. The lowest BCUT2D eigenvalue weighted by atomic mass is 10.1. The van der Waals surface area contributed by atoms with Gasteiger partial charge in [0.15, 0.2) is 0 Å². The van der Waals surface area contributed by atoms with Gasteiger partial charge < -0.3 is 10.1 Å². The Balaban J connectivity index is 1.88. The van der Waals surface area contributed by atoms with Crippen LogP contribution in [0.3, 0.4) is 0 Å². The molecule has 0 aliphatic carbocycles. The van der Waals surface area contributed by atoms with Crippen LogP contribution in [0, 0.1) is 6.92 Å². The number of carbonyl (C=O) groups is 1. The Morgan fingerprint density at radius 3 is 2.62 bits per heavy atom. The molecule has 0 aliphatic rings. The topological polar surface area (TPSA) is 38.3 Å². The van der Waals surface area contributed by atoms with Crippen molar-refractivity contribution in [3.8, 4) is 0 Å². The quantitative estimate of drug-likeness (QED) is 0.866. The van der Waals surface area contributed by atoms with Crippen LogP contribution in [0.15, 0.2) is 53.0 Å². The second-order valence-corrected chi connectivity index (χ2v) is 5.79. The van der Waals surface area contributed by atoms with Crippen LogP contribution in [0.5, 0.6) is 0 Å². The summed E-state index contributed by atoms with van der Waals surface area (Å²) in [5, 5.41) is 2.84. The van der Waals surface area contributed by atoms with E-state index < -0.39 is 6.09 Å². The van der Waals surface area contributed by atoms with Gasteiger partial charge in [-0.15, -0.1) is 0 Å². The molecule has 0 bridgehead atoms. The molecule has 0 unspecified atom stereocenters. The average Bonchev–Trinajstić information content (AvgIpc) is 2.49. The number of alkyl carbamates (subject to hydrolysis) is 1. The zero-order chi connectivity index (χ0) is 15.2. The highest BCUT2D eigenvalue weighted by atomic mass is 79.9. The molecule has 0 saturated carbocycles. The summed E-state index contributed by atoms with van der Waals surface area (Å²) >= 11 is 3.47. The minimum absolute atomic E-state index is 0.0972. The van der Waals surface area contributed by atoms with E-state index in [0.29, 0.717) is 0 Å². The van der Waals surface area contributed by atoms with Crippen LogP contribution in [-0.4, -0.2) is 6.09 Å². The van der Waals surface area contributed by atoms with Crippen molar-refractivity contribution in [2.45, 2.75) is 26.5 Å². The van der Waals surface area contributed by atoms with Crippen LogP contribution in [0.25, 0.3) is 0 Å². The van der Waals surface area contributed by atoms with Crippen LogP contribution in [0.1, 0.15) is 29.7 Å². The third-order valence-corrected chi connectivity index (χ3v) is 4.12. The molecule has 2 aromatic carbocycles. The summed E-state index contributed by atoms with van der Waals surface area (Å²) in [5.74, 6) is 0. The van der Waals surface area contributed by atoms with E-state index in [-0.39, 0.29) is 12.6 Å². The largest absolute Gasteiger partial charge is 0.445 e. The summed E-state index contributed by atoms with van der Waals surface area (Å²) < 4.78 is 6.28. The van der Waals surface area contributed by atoms with Gasteiger partial charge in [0.1, 0.15) is 6.61 Å². The summed E-state index contributed by atoms with van der Waals surface area (Å²) in [7, 11) is 0. The molecule has 0 radical (unpaired) electrons. The molecule has 1 N–H and O–H groups in total. The fourth-order valence-electron chi connectivity index (χ4n) is 1.96. The van der Waals surface area contributed by atoms with E-state index in [9.17, 15) is 4.79 Å². The number of ether oxygens (including phenoxy) is 1. The normalized spacial score (nSPS) is 11.8. The molecule has 21 heavy (non-hydrogen) atoms. The van der Waals surface area contributed by atoms with Crippen molar-refractivity contribution in [2.75, 3.05) is 0 Å². The maximum atomic E-state index is 11.8. The number of hydrogen-bond acceptors (Lipinski definition) is 2. The van der Waals surface area contributed by atoms with E-state index in [1.54, 1.807) is 0 Å². The molecular weight excluding hydrogens is 330 g/mol. The summed E-state index contributed by atoms with van der Waals surface area (Å²) in [6.45, 7) is 4.24. The van der Waals surface area contributed by atoms with E-state index in [0.717, 1.165) is 21.2 Å². The van der Waals surface area contributed by atoms with Crippen molar-refractivity contribution in [1.29, 1.82) is 0 Å². The summed E-state index contributed by atoms with van der Waals surface area (Å²) in [6, 6.07) is 15.5. The molecule has 4 heteroatoms. The van der Waals surface area contributed by atoms with Gasteiger partial charge in [0.25, 0.3) is 0 Å². The summed E-state index contributed by atoms with van der Waals surface area (Å²) in [4.78, 5) is 11.8. The van der Waals surface area contributed by atoms with Gasteiger partial charge in [-0.3, -0.25) is 0 Å². The standard InChI is InChI=1S/C17H18BrNO2/c1-12-10-15(8-9-16(12)18)13(2)19-17(20)21-11-14-6-4-3-5-7-14/h3-10,13H,11H2,1-2H3,(H,19,20)/t13-/m1/s1. The molecule has 0 heterocycles. The molecule has 0 saturated heterocycles. The highest BCUT2D eigenvalue weighted by molar-refractivity contribution is 9.10. The lowest BCUT2D eigenvalue weighted by Gasteiger charge is -2.15. The number of amides is 1. The average molecular weight is 348 g/mol. The number of carbonyl (C=O) groups excluding carboxylic acids is 1. The first-order valence-corrected chi connectivity index (χ1v) is 7.59. The van der Waals surface area contributed by atoms with Gasteiger partial charge in [-0.2, -0.15) is 0 Å². The molecule has 3 nitrogen and oxygen atoms in total. The van der Waals surface area contributed by atoms with E-state index in [4.69, 9.17) is 4.74 Å². The second kappa shape index (κ2) is 7.27. The summed E-state index contributed by atoms with van der Waals surface area (Å²) in [6.07, 6.45) is -0.410. The molecule has 0 aliphatic heterocycles. The molecule has 110 valence electrons. The molecule has 0 spiro atoms. The Bertz CT molecular complexity index is 613. The number of halogens is 1. The Labute approximate surface area is 133 Å². The first-order chi connectivity index (χ1) is 10.1. The second-order valence-electron chi connectivity index (χ2n) is 4.94. The fraction of sp³-hybridized carbons (Fsp3) is 0.235. The molecule has 0 fully saturated rings. The van der Waals surface area contributed by atoms with E-state index >= 15 is 0 Å². The Morgan fingerprint density at radius 2 is 1.95 bits per heavy atom. The van der Waals surface area contributed by atoms with Gasteiger partial charge in [-0.25, -0.2) is 4.79 Å². The third-order valence-electron chi connectivity index (χ3n) is 3.23. The van der Waals surface area contributed by atoms with Gasteiger partial charge in [0.2, 0.25) is 0 Å². The first-order valence-electron chi connectivity index (χ1n) is 6.79. The molecular formula is C17H18BrNO2. The Kier molecular flexibility index (Phi) is 5.39. The zero-order valence-corrected chi connectivity index (χ0v) is 13.7. The smallest absolute Gasteiger partial charge is 0.407 e. The minimum atomic E-state index is -0.410. The third kappa shape index (κ3) is 4.60. The predicted octanol–water partition coefficient (Wildman–Crippen LogP) is 4.74. The van der Waals surface area contributed by atoms with Gasteiger partial charge in [-0.1, -0.05) is 58.4 Å². The SMILES string of the molecule is Cc1cc([C@@H](C)NC(=O)OCc2ccccc2)ccc1Br. The fourth-order valence-corrected chi connectivity index (χ4v) is 2.21. The number of benzene rings is 2. The molecule has 0 aromatic heterocycles. The van der Waals surface area contributed by atoms with Crippen LogP contribution in [0.2, 0.25) is 0 Å². The van der Waals surface area contributed by atoms with E-state index in [1.807, 2.05) is 62.4 Å². The minimum Gasteiger partial charge on any atom is -0.445 e. The number of nitrogens with one attached hydrogen (secondary N) is 1. The number of rotatable bonds is 4. The predicted molar refractivity (Wildman–Crippen MR) is 87.1 cm³/mol. The summed E-state index contributed by atoms with van der Waals surface area (Å²) in [5.41, 5.74) is 3.16. The highest BCUT2D eigenvalue weighted by Crippen LogP contribution is 2.21.